The number of carbonyl (C=O) groups is 2. The summed E-state index contributed by atoms with van der Waals surface area (Å²) in [7, 11) is 0. The van der Waals surface area contributed by atoms with Crippen molar-refractivity contribution in [1.82, 2.24) is 9.88 Å². The molecule has 1 aliphatic heterocycles. The minimum absolute atomic E-state index is 0. The first-order valence-corrected chi connectivity index (χ1v) is 10.7. The van der Waals surface area contributed by atoms with Crippen molar-refractivity contribution in [3.05, 3.63) is 63.7 Å². The van der Waals surface area contributed by atoms with E-state index in [0.29, 0.717) is 34.5 Å². The van der Waals surface area contributed by atoms with E-state index in [2.05, 4.69) is 4.98 Å². The number of hydrogen-bond donors (Lipinski definition) is 2. The van der Waals surface area contributed by atoms with Crippen LogP contribution in [0.25, 0.3) is 11.0 Å². The standard InChI is InChI=1S/C25H27N3O4.BrH/c1-6-16-8-7-14-11-28(23(26)21(14)27-16)12-19(29)15-9-17-20(24(30)31)13(2)32-22(17)18(10-15)25(3,4)5;/h7-10,26H,6,11-12H2,1-5H3,(H,30,31);1H. The number of pyridine rings is 1. The fourth-order valence-corrected chi connectivity index (χ4v) is 4.19. The van der Waals surface area contributed by atoms with E-state index in [-0.39, 0.29) is 46.1 Å². The molecule has 0 atom stereocenters. The number of aromatic carboxylic acids is 1. The van der Waals surface area contributed by atoms with Crippen LogP contribution < -0.4 is 0 Å². The molecule has 0 fully saturated rings. The summed E-state index contributed by atoms with van der Waals surface area (Å²) in [5.74, 6) is -0.704. The number of aromatic nitrogens is 1. The molecule has 0 aliphatic carbocycles. The fraction of sp³-hybridized carbons (Fsp3) is 0.360. The number of rotatable bonds is 5. The summed E-state index contributed by atoms with van der Waals surface area (Å²) in [5, 5.41) is 18.6. The molecule has 0 saturated carbocycles. The zero-order valence-corrected chi connectivity index (χ0v) is 21.1. The van der Waals surface area contributed by atoms with Crippen molar-refractivity contribution in [2.45, 2.75) is 53.0 Å². The third-order valence-corrected chi connectivity index (χ3v) is 5.94. The highest BCUT2D eigenvalue weighted by molar-refractivity contribution is 8.93. The number of hydrogen-bond acceptors (Lipinski definition) is 5. The van der Waals surface area contributed by atoms with Gasteiger partial charge in [0.1, 0.15) is 28.4 Å². The monoisotopic (exact) mass is 513 g/mol. The molecule has 3 heterocycles. The van der Waals surface area contributed by atoms with Crippen molar-refractivity contribution < 1.29 is 19.1 Å². The molecule has 3 aromatic rings. The van der Waals surface area contributed by atoms with Gasteiger partial charge >= 0.3 is 5.97 Å². The highest BCUT2D eigenvalue weighted by Crippen LogP contribution is 2.36. The van der Waals surface area contributed by atoms with E-state index < -0.39 is 5.97 Å². The SMILES string of the molecule is Br.CCc1ccc2c(n1)C(=N)N(CC(=O)c1cc(C(C)(C)C)c3oc(C)c(C(=O)O)c3c1)C2. The number of carbonyl (C=O) groups excluding carboxylic acids is 1. The summed E-state index contributed by atoms with van der Waals surface area (Å²) in [5.41, 5.74) is 3.90. The van der Waals surface area contributed by atoms with Crippen molar-refractivity contribution in [2.75, 3.05) is 6.54 Å². The number of halogens is 1. The van der Waals surface area contributed by atoms with Gasteiger partial charge < -0.3 is 14.4 Å². The summed E-state index contributed by atoms with van der Waals surface area (Å²) in [6.07, 6.45) is 0.783. The molecule has 0 spiro atoms. The predicted octanol–water partition coefficient (Wildman–Crippen LogP) is 5.30. The van der Waals surface area contributed by atoms with Gasteiger partial charge in [-0.2, -0.15) is 0 Å². The number of carboxylic acid groups (broad SMARTS) is 1. The molecule has 0 radical (unpaired) electrons. The van der Waals surface area contributed by atoms with Crippen LogP contribution in [-0.4, -0.2) is 39.1 Å². The molecular weight excluding hydrogens is 486 g/mol. The maximum absolute atomic E-state index is 13.3. The zero-order chi connectivity index (χ0) is 23.4. The van der Waals surface area contributed by atoms with Crippen LogP contribution >= 0.6 is 17.0 Å². The van der Waals surface area contributed by atoms with Crippen molar-refractivity contribution in [3.63, 3.8) is 0 Å². The molecule has 174 valence electrons. The van der Waals surface area contributed by atoms with Crippen molar-refractivity contribution in [1.29, 1.82) is 5.41 Å². The van der Waals surface area contributed by atoms with Crippen LogP contribution in [0.2, 0.25) is 0 Å². The van der Waals surface area contributed by atoms with Gasteiger partial charge in [-0.25, -0.2) is 9.78 Å². The second-order valence-electron chi connectivity index (χ2n) is 9.28. The molecule has 1 aromatic carbocycles. The summed E-state index contributed by atoms with van der Waals surface area (Å²) >= 11 is 0. The maximum Gasteiger partial charge on any atom is 0.339 e. The molecule has 0 saturated heterocycles. The van der Waals surface area contributed by atoms with Crippen LogP contribution in [0.4, 0.5) is 0 Å². The van der Waals surface area contributed by atoms with E-state index in [4.69, 9.17) is 9.83 Å². The summed E-state index contributed by atoms with van der Waals surface area (Å²) < 4.78 is 5.82. The van der Waals surface area contributed by atoms with E-state index in [1.54, 1.807) is 24.0 Å². The fourth-order valence-electron chi connectivity index (χ4n) is 4.19. The smallest absolute Gasteiger partial charge is 0.339 e. The molecule has 0 amide bonds. The van der Waals surface area contributed by atoms with Crippen molar-refractivity contribution in [2.24, 2.45) is 0 Å². The molecule has 2 N–H and O–H groups in total. The lowest BCUT2D eigenvalue weighted by Crippen LogP contribution is -2.30. The predicted molar refractivity (Wildman–Crippen MR) is 132 cm³/mol. The number of furan rings is 1. The number of carboxylic acids is 1. The Morgan fingerprint density at radius 3 is 2.55 bits per heavy atom. The van der Waals surface area contributed by atoms with Gasteiger partial charge in [-0.05, 0) is 37.0 Å². The minimum atomic E-state index is -1.08. The second-order valence-corrected chi connectivity index (χ2v) is 9.28. The lowest BCUT2D eigenvalue weighted by Gasteiger charge is -2.21. The summed E-state index contributed by atoms with van der Waals surface area (Å²) in [4.78, 5) is 31.4. The van der Waals surface area contributed by atoms with Crippen molar-refractivity contribution >= 4 is 45.5 Å². The average molecular weight is 514 g/mol. The van der Waals surface area contributed by atoms with Gasteiger partial charge in [-0.15, -0.1) is 17.0 Å². The minimum Gasteiger partial charge on any atom is -0.478 e. The first kappa shape index (κ1) is 24.6. The van der Waals surface area contributed by atoms with Crippen LogP contribution in [0.5, 0.6) is 0 Å². The van der Waals surface area contributed by atoms with Gasteiger partial charge in [0, 0.05) is 34.3 Å². The maximum atomic E-state index is 13.3. The zero-order valence-electron chi connectivity index (χ0n) is 19.4. The number of aryl methyl sites for hydroxylation is 2. The Kier molecular flexibility index (Phi) is 6.53. The molecule has 4 rings (SSSR count). The number of amidine groups is 1. The van der Waals surface area contributed by atoms with Crippen LogP contribution in [0.3, 0.4) is 0 Å². The van der Waals surface area contributed by atoms with Crippen LogP contribution in [0, 0.1) is 12.3 Å². The van der Waals surface area contributed by atoms with Gasteiger partial charge in [0.05, 0.1) is 6.54 Å². The summed E-state index contributed by atoms with van der Waals surface area (Å²) in [6, 6.07) is 7.32. The average Bonchev–Trinajstić information content (AvgIpc) is 3.21. The molecule has 1 aliphatic rings. The molecule has 7 nitrogen and oxygen atoms in total. The highest BCUT2D eigenvalue weighted by atomic mass is 79.9. The number of Topliss-reactive ketones (excluding diaryl/α,β-unsaturated/α-hetero) is 1. The van der Waals surface area contributed by atoms with E-state index in [1.807, 2.05) is 39.8 Å². The first-order chi connectivity index (χ1) is 15.0. The molecule has 8 heteroatoms. The molecule has 0 unspecified atom stereocenters. The molecular formula is C25H28BrN3O4. The van der Waals surface area contributed by atoms with Crippen LogP contribution in [-0.2, 0) is 18.4 Å². The second kappa shape index (κ2) is 8.74. The Morgan fingerprint density at radius 2 is 1.94 bits per heavy atom. The normalized spacial score (nSPS) is 13.2. The largest absolute Gasteiger partial charge is 0.478 e. The van der Waals surface area contributed by atoms with Crippen LogP contribution in [0.1, 0.15) is 76.7 Å². The van der Waals surface area contributed by atoms with Gasteiger partial charge in [0.2, 0.25) is 0 Å². The van der Waals surface area contributed by atoms with E-state index >= 15 is 0 Å². The Morgan fingerprint density at radius 1 is 1.24 bits per heavy atom. The Balaban J connectivity index is 0.00000306. The lowest BCUT2D eigenvalue weighted by atomic mass is 9.84. The Hall–Kier alpha value is -3.00. The van der Waals surface area contributed by atoms with Gasteiger partial charge in [0.15, 0.2) is 5.78 Å². The van der Waals surface area contributed by atoms with Crippen LogP contribution in [0.15, 0.2) is 28.7 Å². The Labute approximate surface area is 203 Å². The third kappa shape index (κ3) is 4.31. The number of fused-ring (bicyclic) bond motifs is 2. The van der Waals surface area contributed by atoms with Gasteiger partial charge in [-0.3, -0.25) is 10.2 Å². The van der Waals surface area contributed by atoms with E-state index in [1.165, 1.54) is 0 Å². The molecule has 33 heavy (non-hydrogen) atoms. The molecule has 2 aromatic heterocycles. The number of benzene rings is 1. The quantitative estimate of drug-likeness (QED) is 0.448. The van der Waals surface area contributed by atoms with Gasteiger partial charge in [0.25, 0.3) is 0 Å². The van der Waals surface area contributed by atoms with E-state index in [0.717, 1.165) is 23.2 Å². The summed E-state index contributed by atoms with van der Waals surface area (Å²) in [6.45, 7) is 10.1. The van der Waals surface area contributed by atoms with E-state index in [9.17, 15) is 14.7 Å². The number of nitrogens with zero attached hydrogens (tertiary/aromatic N) is 2. The lowest BCUT2D eigenvalue weighted by molar-refractivity contribution is 0.0696. The first-order valence-electron chi connectivity index (χ1n) is 10.7. The number of ketones is 1. The van der Waals surface area contributed by atoms with Crippen molar-refractivity contribution in [3.8, 4) is 0 Å². The topological polar surface area (TPSA) is 107 Å². The van der Waals surface area contributed by atoms with Gasteiger partial charge in [-0.1, -0.05) is 33.8 Å². The third-order valence-electron chi connectivity index (χ3n) is 5.94. The number of nitrogens with one attached hydrogen (secondary N) is 1. The highest BCUT2D eigenvalue weighted by Gasteiger charge is 2.30. The molecule has 0 bridgehead atoms. The Bertz CT molecular complexity index is 1290.